The highest BCUT2D eigenvalue weighted by atomic mass is 16.5. The van der Waals surface area contributed by atoms with Crippen LogP contribution in [0, 0.1) is 6.92 Å². The minimum atomic E-state index is 0.633. The van der Waals surface area contributed by atoms with Crippen LogP contribution < -0.4 is 0 Å². The molecule has 1 fully saturated rings. The molecule has 0 spiro atoms. The first-order valence-corrected chi connectivity index (χ1v) is 9.04. The lowest BCUT2D eigenvalue weighted by molar-refractivity contribution is 0.119. The molecule has 2 aromatic heterocycles. The molecule has 4 rings (SSSR count). The van der Waals surface area contributed by atoms with Crippen molar-refractivity contribution in [3.63, 3.8) is 0 Å². The molecular formula is C19H24N6O. The van der Waals surface area contributed by atoms with Gasteiger partial charge in [-0.1, -0.05) is 29.4 Å². The summed E-state index contributed by atoms with van der Waals surface area (Å²) in [4.78, 5) is 9.18. The Morgan fingerprint density at radius 2 is 1.69 bits per heavy atom. The van der Waals surface area contributed by atoms with Crippen molar-refractivity contribution in [1.29, 1.82) is 0 Å². The predicted molar refractivity (Wildman–Crippen MR) is 97.4 cm³/mol. The van der Waals surface area contributed by atoms with E-state index in [2.05, 4.69) is 49.3 Å². The first-order chi connectivity index (χ1) is 12.7. The molecule has 0 unspecified atom stereocenters. The highest BCUT2D eigenvalue weighted by molar-refractivity contribution is 5.23. The fourth-order valence-corrected chi connectivity index (χ4v) is 3.38. The zero-order valence-electron chi connectivity index (χ0n) is 15.1. The number of aromatic nitrogens is 4. The fourth-order valence-electron chi connectivity index (χ4n) is 3.38. The summed E-state index contributed by atoms with van der Waals surface area (Å²) in [6.45, 7) is 8.57. The minimum Gasteiger partial charge on any atom is -0.340 e. The van der Waals surface area contributed by atoms with Gasteiger partial charge in [-0.05, 0) is 17.2 Å². The van der Waals surface area contributed by atoms with Crippen molar-refractivity contribution < 1.29 is 4.52 Å². The molecule has 3 aromatic rings. The van der Waals surface area contributed by atoms with Gasteiger partial charge in [0.2, 0.25) is 5.89 Å². The van der Waals surface area contributed by atoms with E-state index >= 15 is 0 Å². The lowest BCUT2D eigenvalue weighted by Gasteiger charge is -2.34. The monoisotopic (exact) mass is 352 g/mol. The summed E-state index contributed by atoms with van der Waals surface area (Å²) in [6.07, 6.45) is 3.82. The Balaban J connectivity index is 1.29. The van der Waals surface area contributed by atoms with Crippen LogP contribution in [0.2, 0.25) is 0 Å². The van der Waals surface area contributed by atoms with Gasteiger partial charge in [0.1, 0.15) is 0 Å². The Morgan fingerprint density at radius 3 is 2.35 bits per heavy atom. The van der Waals surface area contributed by atoms with E-state index in [9.17, 15) is 0 Å². The van der Waals surface area contributed by atoms with E-state index in [1.165, 1.54) is 11.1 Å². The second kappa shape index (κ2) is 7.80. The number of benzene rings is 1. The van der Waals surface area contributed by atoms with E-state index in [1.807, 2.05) is 30.1 Å². The molecule has 0 amide bonds. The molecule has 1 saturated heterocycles. The van der Waals surface area contributed by atoms with Crippen LogP contribution in [0.4, 0.5) is 0 Å². The molecule has 7 nitrogen and oxygen atoms in total. The van der Waals surface area contributed by atoms with Crippen LogP contribution in [0.25, 0.3) is 0 Å². The largest absolute Gasteiger partial charge is 0.340 e. The maximum Gasteiger partial charge on any atom is 0.223 e. The van der Waals surface area contributed by atoms with Crippen molar-refractivity contribution >= 4 is 0 Å². The Kier molecular flexibility index (Phi) is 5.08. The number of aryl methyl sites for hydroxylation is 1. The molecule has 0 bridgehead atoms. The summed E-state index contributed by atoms with van der Waals surface area (Å²) in [7, 11) is 0. The summed E-state index contributed by atoms with van der Waals surface area (Å²) in [6, 6.07) is 10.8. The molecular weight excluding hydrogens is 328 g/mol. The van der Waals surface area contributed by atoms with Gasteiger partial charge in [0.25, 0.3) is 0 Å². The summed E-state index contributed by atoms with van der Waals surface area (Å²) in [5.41, 5.74) is 2.65. The Hall–Kier alpha value is -2.51. The van der Waals surface area contributed by atoms with E-state index in [-0.39, 0.29) is 0 Å². The highest BCUT2D eigenvalue weighted by Gasteiger charge is 2.18. The molecule has 1 aliphatic rings. The predicted octanol–water partition coefficient (Wildman–Crippen LogP) is 1.94. The van der Waals surface area contributed by atoms with Gasteiger partial charge in [-0.15, -0.1) is 0 Å². The van der Waals surface area contributed by atoms with E-state index < -0.39 is 0 Å². The standard InChI is InChI=1S/C19H24N6O/c1-16-21-19(22-26-16)15-24-10-8-23(9-11-24)13-17-4-2-5-18(12-17)14-25-7-3-6-20-25/h2-7,12H,8-11,13-15H2,1H3. The van der Waals surface area contributed by atoms with E-state index in [0.29, 0.717) is 5.89 Å². The lowest BCUT2D eigenvalue weighted by Crippen LogP contribution is -2.45. The van der Waals surface area contributed by atoms with Crippen LogP contribution in [0.5, 0.6) is 0 Å². The Morgan fingerprint density at radius 1 is 0.962 bits per heavy atom. The zero-order valence-corrected chi connectivity index (χ0v) is 15.1. The van der Waals surface area contributed by atoms with Gasteiger partial charge >= 0.3 is 0 Å². The molecule has 0 atom stereocenters. The molecule has 7 heteroatoms. The van der Waals surface area contributed by atoms with Gasteiger partial charge in [0.15, 0.2) is 5.82 Å². The third-order valence-corrected chi connectivity index (χ3v) is 4.70. The van der Waals surface area contributed by atoms with Crippen molar-refractivity contribution in [2.24, 2.45) is 0 Å². The Bertz CT molecular complexity index is 820. The zero-order chi connectivity index (χ0) is 17.8. The van der Waals surface area contributed by atoms with Gasteiger partial charge in [-0.25, -0.2) is 0 Å². The second-order valence-corrected chi connectivity index (χ2v) is 6.81. The van der Waals surface area contributed by atoms with Crippen LogP contribution in [-0.2, 0) is 19.6 Å². The third-order valence-electron chi connectivity index (χ3n) is 4.70. The molecule has 0 radical (unpaired) electrons. The van der Waals surface area contributed by atoms with Crippen LogP contribution in [0.3, 0.4) is 0 Å². The molecule has 136 valence electrons. The van der Waals surface area contributed by atoms with Crippen molar-refractivity contribution in [3.8, 4) is 0 Å². The maximum absolute atomic E-state index is 5.05. The SMILES string of the molecule is Cc1nc(CN2CCN(Cc3cccc(Cn4cccn4)c3)CC2)no1. The molecule has 3 heterocycles. The van der Waals surface area contributed by atoms with E-state index in [0.717, 1.165) is 51.6 Å². The quantitative estimate of drug-likeness (QED) is 0.676. The minimum absolute atomic E-state index is 0.633. The molecule has 0 aliphatic carbocycles. The van der Waals surface area contributed by atoms with E-state index in [1.54, 1.807) is 0 Å². The van der Waals surface area contributed by atoms with E-state index in [4.69, 9.17) is 4.52 Å². The summed E-state index contributed by atoms with van der Waals surface area (Å²) >= 11 is 0. The molecule has 0 N–H and O–H groups in total. The molecule has 1 aliphatic heterocycles. The molecule has 26 heavy (non-hydrogen) atoms. The van der Waals surface area contributed by atoms with Gasteiger partial charge in [-0.2, -0.15) is 10.1 Å². The maximum atomic E-state index is 5.05. The number of rotatable bonds is 6. The van der Waals surface area contributed by atoms with Crippen LogP contribution in [-0.4, -0.2) is 55.9 Å². The Labute approximate surface area is 153 Å². The first kappa shape index (κ1) is 16.9. The van der Waals surface area contributed by atoms with Crippen LogP contribution >= 0.6 is 0 Å². The van der Waals surface area contributed by atoms with Crippen molar-refractivity contribution in [2.75, 3.05) is 26.2 Å². The van der Waals surface area contributed by atoms with Crippen molar-refractivity contribution in [1.82, 2.24) is 29.7 Å². The van der Waals surface area contributed by atoms with Gasteiger partial charge in [0.05, 0.1) is 13.1 Å². The average Bonchev–Trinajstić information content (AvgIpc) is 3.29. The summed E-state index contributed by atoms with van der Waals surface area (Å²) in [5.74, 6) is 1.41. The topological polar surface area (TPSA) is 63.2 Å². The van der Waals surface area contributed by atoms with Gasteiger partial charge in [-0.3, -0.25) is 14.5 Å². The molecule has 0 saturated carbocycles. The normalized spacial score (nSPS) is 16.2. The second-order valence-electron chi connectivity index (χ2n) is 6.81. The fraction of sp³-hybridized carbons (Fsp3) is 0.421. The highest BCUT2D eigenvalue weighted by Crippen LogP contribution is 2.13. The third kappa shape index (κ3) is 4.36. The van der Waals surface area contributed by atoms with Crippen molar-refractivity contribution in [2.45, 2.75) is 26.6 Å². The van der Waals surface area contributed by atoms with Crippen LogP contribution in [0.1, 0.15) is 22.8 Å². The number of hydrogen-bond acceptors (Lipinski definition) is 6. The summed E-state index contributed by atoms with van der Waals surface area (Å²) < 4.78 is 7.01. The average molecular weight is 352 g/mol. The lowest BCUT2D eigenvalue weighted by atomic mass is 10.1. The summed E-state index contributed by atoms with van der Waals surface area (Å²) in [5, 5.41) is 8.27. The van der Waals surface area contributed by atoms with Crippen LogP contribution in [0.15, 0.2) is 47.2 Å². The number of piperazine rings is 1. The van der Waals surface area contributed by atoms with Gasteiger partial charge < -0.3 is 4.52 Å². The van der Waals surface area contributed by atoms with Crippen molar-refractivity contribution in [3.05, 3.63) is 65.6 Å². The van der Waals surface area contributed by atoms with Gasteiger partial charge in [0, 0.05) is 52.0 Å². The molecule has 1 aromatic carbocycles. The first-order valence-electron chi connectivity index (χ1n) is 9.04. The number of hydrogen-bond donors (Lipinski definition) is 0. The smallest absolute Gasteiger partial charge is 0.223 e. The number of nitrogens with zero attached hydrogens (tertiary/aromatic N) is 6.